The third-order valence-corrected chi connectivity index (χ3v) is 7.71. The van der Waals surface area contributed by atoms with Crippen LogP contribution in [0.1, 0.15) is 41.6 Å². The van der Waals surface area contributed by atoms with Crippen molar-refractivity contribution >= 4 is 40.7 Å². The fourth-order valence-electron chi connectivity index (χ4n) is 4.27. The zero-order valence-electron chi connectivity index (χ0n) is 19.6. The highest BCUT2D eigenvalue weighted by molar-refractivity contribution is 7.99. The van der Waals surface area contributed by atoms with Gasteiger partial charge in [0, 0.05) is 34.0 Å². The summed E-state index contributed by atoms with van der Waals surface area (Å²) in [7, 11) is 0. The van der Waals surface area contributed by atoms with Gasteiger partial charge in [0.25, 0.3) is 5.91 Å². The number of imidazole rings is 1. The van der Waals surface area contributed by atoms with Crippen LogP contribution in [0.5, 0.6) is 0 Å². The topological polar surface area (TPSA) is 114 Å². The Morgan fingerprint density at radius 1 is 1.06 bits per heavy atom. The highest BCUT2D eigenvalue weighted by Crippen LogP contribution is 2.47. The van der Waals surface area contributed by atoms with Crippen LogP contribution in [-0.4, -0.2) is 33.0 Å². The fraction of sp³-hybridized carbons (Fsp3) is 0.259. The van der Waals surface area contributed by atoms with Gasteiger partial charge in [0.15, 0.2) is 11.5 Å². The highest BCUT2D eigenvalue weighted by atomic mass is 32.2. The first-order chi connectivity index (χ1) is 17.5. The molecule has 0 saturated heterocycles. The molecule has 182 valence electrons. The van der Waals surface area contributed by atoms with Crippen LogP contribution in [0.25, 0.3) is 5.65 Å². The summed E-state index contributed by atoms with van der Waals surface area (Å²) in [5.41, 5.74) is 9.15. The molecule has 9 heteroatoms. The molecule has 0 bridgehead atoms. The summed E-state index contributed by atoms with van der Waals surface area (Å²) < 4.78 is 1.66. The van der Waals surface area contributed by atoms with E-state index in [-0.39, 0.29) is 23.1 Å². The summed E-state index contributed by atoms with van der Waals surface area (Å²) in [4.78, 5) is 30.3. The van der Waals surface area contributed by atoms with E-state index in [1.54, 1.807) is 10.7 Å². The number of hydrogen-bond donors (Lipinski definition) is 3. The van der Waals surface area contributed by atoms with E-state index in [0.717, 1.165) is 41.2 Å². The largest absolute Gasteiger partial charge is 0.330 e. The predicted molar refractivity (Wildman–Crippen MR) is 139 cm³/mol. The van der Waals surface area contributed by atoms with Gasteiger partial charge >= 0.3 is 0 Å². The minimum atomic E-state index is -0.148. The van der Waals surface area contributed by atoms with Crippen molar-refractivity contribution in [3.63, 3.8) is 0 Å². The molecule has 6 rings (SSSR count). The molecule has 2 saturated carbocycles. The predicted octanol–water partition coefficient (Wildman–Crippen LogP) is 4.47. The fourth-order valence-corrected chi connectivity index (χ4v) is 5.11. The molecular formula is C27H26N6O2S. The second-order valence-corrected chi connectivity index (χ2v) is 10.6. The smallest absolute Gasteiger partial charge is 0.255 e. The second-order valence-electron chi connectivity index (χ2n) is 9.51. The molecule has 0 spiro atoms. The van der Waals surface area contributed by atoms with E-state index in [1.165, 1.54) is 11.8 Å². The Morgan fingerprint density at radius 2 is 1.89 bits per heavy atom. The number of nitrogens with zero attached hydrogens (tertiary/aromatic N) is 3. The molecule has 2 aliphatic rings. The van der Waals surface area contributed by atoms with Gasteiger partial charge in [0.05, 0.1) is 6.20 Å². The van der Waals surface area contributed by atoms with E-state index in [4.69, 9.17) is 5.73 Å². The number of amides is 2. The summed E-state index contributed by atoms with van der Waals surface area (Å²) in [5.74, 6) is 0.497. The standard InChI is InChI=1S/C27H26N6O2S/c28-16-27(11-12-27)19-4-1-3-18(13-19)26(35)29-20-5-2-6-21(14-20)36-24-10-9-23-30-22(15-33(23)32-24)31-25(34)17-7-8-17/h1-6,9-10,13-15,17H,7-8,11-12,16,28H2,(H,29,35)(H,31,34). The lowest BCUT2D eigenvalue weighted by atomic mass is 9.94. The number of aromatic nitrogens is 3. The lowest BCUT2D eigenvalue weighted by molar-refractivity contribution is -0.117. The van der Waals surface area contributed by atoms with Gasteiger partial charge in [-0.25, -0.2) is 9.50 Å². The average molecular weight is 499 g/mol. The SMILES string of the molecule is NCC1(c2cccc(C(=O)Nc3cccc(Sc4ccc5nc(NC(=O)C6CC6)cn5n4)c3)c2)CC1. The molecule has 4 aromatic rings. The van der Waals surface area contributed by atoms with Crippen LogP contribution < -0.4 is 16.4 Å². The molecule has 2 heterocycles. The number of benzene rings is 2. The first-order valence-electron chi connectivity index (χ1n) is 12.1. The minimum absolute atomic E-state index is 0.0185. The van der Waals surface area contributed by atoms with Crippen molar-refractivity contribution in [3.05, 3.63) is 78.0 Å². The Bertz CT molecular complexity index is 1470. The second kappa shape index (κ2) is 9.07. The van der Waals surface area contributed by atoms with Crippen LogP contribution in [-0.2, 0) is 10.2 Å². The quantitative estimate of drug-likeness (QED) is 0.330. The van der Waals surface area contributed by atoms with Gasteiger partial charge in [-0.05, 0) is 73.7 Å². The van der Waals surface area contributed by atoms with E-state index >= 15 is 0 Å². The summed E-state index contributed by atoms with van der Waals surface area (Å²) in [6.07, 6.45) is 5.76. The number of hydrogen-bond acceptors (Lipinski definition) is 6. The van der Waals surface area contributed by atoms with E-state index in [0.29, 0.717) is 29.3 Å². The van der Waals surface area contributed by atoms with Crippen molar-refractivity contribution in [1.82, 2.24) is 14.6 Å². The Hall–Kier alpha value is -3.69. The van der Waals surface area contributed by atoms with Gasteiger partial charge in [-0.2, -0.15) is 5.10 Å². The Balaban J connectivity index is 1.14. The molecule has 0 atom stereocenters. The maximum atomic E-state index is 12.9. The lowest BCUT2D eigenvalue weighted by Crippen LogP contribution is -2.20. The summed E-state index contributed by atoms with van der Waals surface area (Å²) in [6.45, 7) is 0.604. The molecule has 2 amide bonds. The molecule has 2 aromatic heterocycles. The molecule has 4 N–H and O–H groups in total. The number of rotatable bonds is 8. The molecule has 2 fully saturated rings. The van der Waals surface area contributed by atoms with Crippen molar-refractivity contribution in [2.75, 3.05) is 17.2 Å². The van der Waals surface area contributed by atoms with Gasteiger partial charge in [0.2, 0.25) is 5.91 Å². The molecule has 0 unspecified atom stereocenters. The van der Waals surface area contributed by atoms with Crippen LogP contribution in [0.4, 0.5) is 11.5 Å². The maximum Gasteiger partial charge on any atom is 0.255 e. The number of nitrogens with two attached hydrogens (primary N) is 1. The third kappa shape index (κ3) is 4.72. The van der Waals surface area contributed by atoms with Crippen LogP contribution in [0.2, 0.25) is 0 Å². The lowest BCUT2D eigenvalue weighted by Gasteiger charge is -2.14. The van der Waals surface area contributed by atoms with E-state index in [2.05, 4.69) is 26.8 Å². The first kappa shape index (κ1) is 22.8. The van der Waals surface area contributed by atoms with Crippen LogP contribution in [0, 0.1) is 5.92 Å². The van der Waals surface area contributed by atoms with Gasteiger partial charge in [-0.1, -0.05) is 30.0 Å². The minimum Gasteiger partial charge on any atom is -0.330 e. The van der Waals surface area contributed by atoms with Crippen molar-refractivity contribution in [2.24, 2.45) is 11.7 Å². The van der Waals surface area contributed by atoms with Crippen molar-refractivity contribution in [1.29, 1.82) is 0 Å². The average Bonchev–Trinajstić information content (AvgIpc) is 3.81. The molecule has 2 aliphatic carbocycles. The summed E-state index contributed by atoms with van der Waals surface area (Å²) >= 11 is 1.48. The number of carbonyl (C=O) groups is 2. The van der Waals surface area contributed by atoms with E-state index < -0.39 is 0 Å². The summed E-state index contributed by atoms with van der Waals surface area (Å²) in [6, 6.07) is 19.2. The highest BCUT2D eigenvalue weighted by Gasteiger charge is 2.42. The zero-order chi connectivity index (χ0) is 24.7. The number of nitrogens with one attached hydrogen (secondary N) is 2. The van der Waals surface area contributed by atoms with Gasteiger partial charge in [-0.3, -0.25) is 9.59 Å². The molecule has 0 radical (unpaired) electrons. The monoisotopic (exact) mass is 498 g/mol. The van der Waals surface area contributed by atoms with Crippen LogP contribution >= 0.6 is 11.8 Å². The van der Waals surface area contributed by atoms with Crippen LogP contribution in [0.15, 0.2) is 76.8 Å². The Morgan fingerprint density at radius 3 is 2.67 bits per heavy atom. The molecule has 8 nitrogen and oxygen atoms in total. The number of anilines is 2. The van der Waals surface area contributed by atoms with Crippen LogP contribution in [0.3, 0.4) is 0 Å². The van der Waals surface area contributed by atoms with Crippen molar-refractivity contribution < 1.29 is 9.59 Å². The van der Waals surface area contributed by atoms with Crippen molar-refractivity contribution in [3.8, 4) is 0 Å². The van der Waals surface area contributed by atoms with Gasteiger partial charge < -0.3 is 16.4 Å². The number of carbonyl (C=O) groups excluding carboxylic acids is 2. The maximum absolute atomic E-state index is 12.9. The van der Waals surface area contributed by atoms with Gasteiger partial charge in [0.1, 0.15) is 5.03 Å². The molecule has 0 aliphatic heterocycles. The van der Waals surface area contributed by atoms with Gasteiger partial charge in [-0.15, -0.1) is 0 Å². The number of fused-ring (bicyclic) bond motifs is 1. The Kier molecular flexibility index (Phi) is 5.73. The van der Waals surface area contributed by atoms with E-state index in [1.807, 2.05) is 54.6 Å². The van der Waals surface area contributed by atoms with Crippen molar-refractivity contribution in [2.45, 2.75) is 41.0 Å². The third-order valence-electron chi connectivity index (χ3n) is 6.79. The van der Waals surface area contributed by atoms with E-state index in [9.17, 15) is 9.59 Å². The zero-order valence-corrected chi connectivity index (χ0v) is 20.4. The normalized spacial score (nSPS) is 16.0. The summed E-state index contributed by atoms with van der Waals surface area (Å²) in [5, 5.41) is 11.2. The Labute approximate surface area is 212 Å². The molecular weight excluding hydrogens is 472 g/mol. The first-order valence-corrected chi connectivity index (χ1v) is 12.9. The molecule has 36 heavy (non-hydrogen) atoms. The molecule has 2 aromatic carbocycles.